The van der Waals surface area contributed by atoms with E-state index in [1.165, 1.54) is 0 Å². The van der Waals surface area contributed by atoms with Gasteiger partial charge >= 0.3 is 5.97 Å². The van der Waals surface area contributed by atoms with Crippen LogP contribution in [0.3, 0.4) is 0 Å². The van der Waals surface area contributed by atoms with Crippen molar-refractivity contribution in [2.75, 3.05) is 12.4 Å². The summed E-state index contributed by atoms with van der Waals surface area (Å²) in [4.78, 5) is 10.6. The molecule has 0 amide bonds. The Morgan fingerprint density at radius 2 is 2.15 bits per heavy atom. The van der Waals surface area contributed by atoms with Gasteiger partial charge in [0.2, 0.25) is 0 Å². The van der Waals surface area contributed by atoms with E-state index >= 15 is 0 Å². The Labute approximate surface area is 83.9 Å². The SMILES string of the molecule is CCOC(CCSC(C)C)C(=O)O. The van der Waals surface area contributed by atoms with E-state index in [1.807, 2.05) is 6.92 Å². The van der Waals surface area contributed by atoms with Crippen LogP contribution in [0.1, 0.15) is 27.2 Å². The second kappa shape index (κ2) is 7.21. The highest BCUT2D eigenvalue weighted by Crippen LogP contribution is 2.12. The lowest BCUT2D eigenvalue weighted by Gasteiger charge is -2.12. The molecule has 0 fully saturated rings. The molecule has 1 atom stereocenters. The largest absolute Gasteiger partial charge is 0.479 e. The van der Waals surface area contributed by atoms with Gasteiger partial charge in [-0.1, -0.05) is 13.8 Å². The molecule has 0 aromatic rings. The van der Waals surface area contributed by atoms with E-state index in [4.69, 9.17) is 9.84 Å². The topological polar surface area (TPSA) is 46.5 Å². The van der Waals surface area contributed by atoms with Crippen molar-refractivity contribution >= 4 is 17.7 Å². The van der Waals surface area contributed by atoms with Crippen molar-refractivity contribution in [1.29, 1.82) is 0 Å². The summed E-state index contributed by atoms with van der Waals surface area (Å²) in [6.45, 7) is 6.47. The Morgan fingerprint density at radius 3 is 2.54 bits per heavy atom. The minimum Gasteiger partial charge on any atom is -0.479 e. The van der Waals surface area contributed by atoms with E-state index < -0.39 is 12.1 Å². The minimum absolute atomic E-state index is 0.462. The van der Waals surface area contributed by atoms with E-state index in [0.717, 1.165) is 5.75 Å². The number of carboxylic acids is 1. The smallest absolute Gasteiger partial charge is 0.332 e. The fourth-order valence-electron chi connectivity index (χ4n) is 0.890. The van der Waals surface area contributed by atoms with Gasteiger partial charge in [-0.25, -0.2) is 4.79 Å². The zero-order valence-electron chi connectivity index (χ0n) is 8.45. The number of carboxylic acid groups (broad SMARTS) is 1. The monoisotopic (exact) mass is 206 g/mol. The number of thioether (sulfide) groups is 1. The van der Waals surface area contributed by atoms with Gasteiger partial charge in [-0.3, -0.25) is 0 Å². The first kappa shape index (κ1) is 12.8. The highest BCUT2D eigenvalue weighted by atomic mass is 32.2. The maximum Gasteiger partial charge on any atom is 0.332 e. The summed E-state index contributed by atoms with van der Waals surface area (Å²) in [6.07, 6.45) is -0.0392. The molecule has 4 heteroatoms. The number of hydrogen-bond donors (Lipinski definition) is 1. The Kier molecular flexibility index (Phi) is 7.09. The minimum atomic E-state index is -0.855. The molecule has 0 rings (SSSR count). The number of carbonyl (C=O) groups is 1. The maximum atomic E-state index is 10.6. The molecule has 0 radical (unpaired) electrons. The van der Waals surface area contributed by atoms with Crippen LogP contribution in [-0.2, 0) is 9.53 Å². The molecule has 3 nitrogen and oxygen atoms in total. The molecule has 0 spiro atoms. The molecule has 1 unspecified atom stereocenters. The highest BCUT2D eigenvalue weighted by Gasteiger charge is 2.16. The summed E-state index contributed by atoms with van der Waals surface area (Å²) in [7, 11) is 0. The molecule has 0 aliphatic heterocycles. The average Bonchev–Trinajstić information content (AvgIpc) is 2.02. The molecule has 0 saturated carbocycles. The Balaban J connectivity index is 3.63. The molecule has 13 heavy (non-hydrogen) atoms. The van der Waals surface area contributed by atoms with Crippen LogP contribution in [0.25, 0.3) is 0 Å². The fourth-order valence-corrected chi connectivity index (χ4v) is 1.71. The molecular weight excluding hydrogens is 188 g/mol. The van der Waals surface area contributed by atoms with E-state index in [1.54, 1.807) is 11.8 Å². The van der Waals surface area contributed by atoms with Gasteiger partial charge in [-0.05, 0) is 24.3 Å². The van der Waals surface area contributed by atoms with E-state index in [9.17, 15) is 4.79 Å². The van der Waals surface area contributed by atoms with Crippen molar-refractivity contribution in [1.82, 2.24) is 0 Å². The van der Waals surface area contributed by atoms with Crippen molar-refractivity contribution in [3.63, 3.8) is 0 Å². The summed E-state index contributed by atoms with van der Waals surface area (Å²) in [5.41, 5.74) is 0. The standard InChI is InChI=1S/C9H18O3S/c1-4-12-8(9(10)11)5-6-13-7(2)3/h7-8H,4-6H2,1-3H3,(H,10,11). The molecule has 1 N–H and O–H groups in total. The number of hydrogen-bond acceptors (Lipinski definition) is 3. The number of aliphatic carboxylic acids is 1. The summed E-state index contributed by atoms with van der Waals surface area (Å²) >= 11 is 1.76. The predicted octanol–water partition coefficient (Wildman–Crippen LogP) is 2.01. The highest BCUT2D eigenvalue weighted by molar-refractivity contribution is 7.99. The van der Waals surface area contributed by atoms with Crippen LogP contribution in [-0.4, -0.2) is 34.8 Å². The molecule has 0 aromatic heterocycles. The van der Waals surface area contributed by atoms with Gasteiger partial charge in [0.15, 0.2) is 6.10 Å². The maximum absolute atomic E-state index is 10.6. The Hall–Kier alpha value is -0.220. The summed E-state index contributed by atoms with van der Waals surface area (Å²) in [5.74, 6) is -0.0135. The second-order valence-electron chi connectivity index (χ2n) is 2.99. The van der Waals surface area contributed by atoms with Crippen molar-refractivity contribution in [3.05, 3.63) is 0 Å². The third kappa shape index (κ3) is 6.90. The third-order valence-corrected chi connectivity index (χ3v) is 2.61. The quantitative estimate of drug-likeness (QED) is 0.692. The van der Waals surface area contributed by atoms with Gasteiger partial charge in [0.1, 0.15) is 0 Å². The fraction of sp³-hybridized carbons (Fsp3) is 0.889. The van der Waals surface area contributed by atoms with E-state index in [-0.39, 0.29) is 0 Å². The molecule has 0 heterocycles. The normalized spacial score (nSPS) is 13.2. The van der Waals surface area contributed by atoms with Gasteiger partial charge in [0, 0.05) is 6.61 Å². The first-order valence-corrected chi connectivity index (χ1v) is 5.58. The summed E-state index contributed by atoms with van der Waals surface area (Å²) < 4.78 is 5.07. The molecule has 78 valence electrons. The summed E-state index contributed by atoms with van der Waals surface area (Å²) in [6, 6.07) is 0. The van der Waals surface area contributed by atoms with Crippen molar-refractivity contribution < 1.29 is 14.6 Å². The van der Waals surface area contributed by atoms with Crippen molar-refractivity contribution in [2.24, 2.45) is 0 Å². The van der Waals surface area contributed by atoms with Crippen molar-refractivity contribution in [2.45, 2.75) is 38.5 Å². The van der Waals surface area contributed by atoms with E-state index in [2.05, 4.69) is 13.8 Å². The van der Waals surface area contributed by atoms with Crippen LogP contribution < -0.4 is 0 Å². The van der Waals surface area contributed by atoms with Gasteiger partial charge in [0.05, 0.1) is 0 Å². The van der Waals surface area contributed by atoms with Gasteiger partial charge in [0.25, 0.3) is 0 Å². The van der Waals surface area contributed by atoms with E-state index in [0.29, 0.717) is 18.3 Å². The van der Waals surface area contributed by atoms with Crippen LogP contribution in [0.2, 0.25) is 0 Å². The van der Waals surface area contributed by atoms with Gasteiger partial charge in [-0.15, -0.1) is 0 Å². The first-order chi connectivity index (χ1) is 6.07. The zero-order valence-corrected chi connectivity index (χ0v) is 9.26. The lowest BCUT2D eigenvalue weighted by molar-refractivity contribution is -0.150. The molecular formula is C9H18O3S. The Morgan fingerprint density at radius 1 is 1.54 bits per heavy atom. The lowest BCUT2D eigenvalue weighted by atomic mass is 10.3. The van der Waals surface area contributed by atoms with Gasteiger partial charge in [-0.2, -0.15) is 11.8 Å². The molecule has 0 saturated heterocycles. The predicted molar refractivity (Wildman–Crippen MR) is 55.3 cm³/mol. The Bertz CT molecular complexity index is 148. The van der Waals surface area contributed by atoms with Gasteiger partial charge < -0.3 is 9.84 Å². The van der Waals surface area contributed by atoms with Crippen LogP contribution in [0, 0.1) is 0 Å². The number of ether oxygens (including phenoxy) is 1. The van der Waals surface area contributed by atoms with Crippen LogP contribution in [0.5, 0.6) is 0 Å². The summed E-state index contributed by atoms with van der Waals surface area (Å²) in [5, 5.41) is 9.29. The molecule has 0 bridgehead atoms. The zero-order chi connectivity index (χ0) is 10.3. The molecule has 0 aliphatic rings. The average molecular weight is 206 g/mol. The first-order valence-electron chi connectivity index (χ1n) is 4.54. The third-order valence-electron chi connectivity index (χ3n) is 1.47. The molecule has 0 aliphatic carbocycles. The van der Waals surface area contributed by atoms with Crippen LogP contribution in [0.4, 0.5) is 0 Å². The van der Waals surface area contributed by atoms with Crippen LogP contribution >= 0.6 is 11.8 Å². The second-order valence-corrected chi connectivity index (χ2v) is 4.67. The van der Waals surface area contributed by atoms with Crippen LogP contribution in [0.15, 0.2) is 0 Å². The lowest BCUT2D eigenvalue weighted by Crippen LogP contribution is -2.24. The van der Waals surface area contributed by atoms with Crippen molar-refractivity contribution in [3.8, 4) is 0 Å². The number of rotatable bonds is 7. The molecule has 0 aromatic carbocycles.